The number of halogens is 2. The largest absolute Gasteiger partial charge is 0.265 e. The summed E-state index contributed by atoms with van der Waals surface area (Å²) in [5.74, 6) is -0.155. The number of hydrogen-bond donors (Lipinski definition) is 0. The molecule has 0 saturated carbocycles. The topological polar surface area (TPSA) is 12.9 Å². The fraction of sp³-hybridized carbons (Fsp3) is 0.214. The van der Waals surface area contributed by atoms with Crippen molar-refractivity contribution >= 4 is 15.9 Å². The van der Waals surface area contributed by atoms with Crippen molar-refractivity contribution in [2.45, 2.75) is 18.2 Å². The number of aryl methyl sites for hydroxylation is 1. The van der Waals surface area contributed by atoms with Crippen molar-refractivity contribution in [1.82, 2.24) is 4.98 Å². The molecule has 0 radical (unpaired) electrons. The lowest BCUT2D eigenvalue weighted by Crippen LogP contribution is -1.97. The number of aromatic nitrogens is 1. The van der Waals surface area contributed by atoms with Crippen molar-refractivity contribution < 1.29 is 4.39 Å². The molecule has 88 valence electrons. The van der Waals surface area contributed by atoms with Gasteiger partial charge >= 0.3 is 0 Å². The van der Waals surface area contributed by atoms with E-state index < -0.39 is 0 Å². The zero-order valence-corrected chi connectivity index (χ0v) is 11.1. The summed E-state index contributed by atoms with van der Waals surface area (Å²) in [5, 5.41) is 0. The fourth-order valence-corrected chi connectivity index (χ4v) is 2.36. The third kappa shape index (κ3) is 3.13. The van der Waals surface area contributed by atoms with Crippen LogP contribution >= 0.6 is 15.9 Å². The van der Waals surface area contributed by atoms with E-state index in [2.05, 4.69) is 20.9 Å². The van der Waals surface area contributed by atoms with Gasteiger partial charge in [0.25, 0.3) is 0 Å². The third-order valence-corrected chi connectivity index (χ3v) is 3.56. The van der Waals surface area contributed by atoms with E-state index >= 15 is 0 Å². The summed E-state index contributed by atoms with van der Waals surface area (Å²) in [6.45, 7) is 1.78. The quantitative estimate of drug-likeness (QED) is 0.773. The molecule has 1 atom stereocenters. The Kier molecular flexibility index (Phi) is 3.89. The Balaban J connectivity index is 2.14. The van der Waals surface area contributed by atoms with Gasteiger partial charge in [-0.25, -0.2) is 4.39 Å². The first-order valence-electron chi connectivity index (χ1n) is 5.46. The number of pyridine rings is 1. The van der Waals surface area contributed by atoms with Gasteiger partial charge in [-0.3, -0.25) is 4.98 Å². The highest BCUT2D eigenvalue weighted by Crippen LogP contribution is 2.28. The van der Waals surface area contributed by atoms with Crippen molar-refractivity contribution in [3.63, 3.8) is 0 Å². The van der Waals surface area contributed by atoms with Gasteiger partial charge in [-0.1, -0.05) is 28.1 Å². The molecule has 1 aromatic heterocycles. The minimum absolute atomic E-state index is 0.155. The maximum atomic E-state index is 13.2. The van der Waals surface area contributed by atoms with Gasteiger partial charge in [-0.05, 0) is 48.2 Å². The Hall–Kier alpha value is -1.22. The Morgan fingerprint density at radius 2 is 1.94 bits per heavy atom. The maximum absolute atomic E-state index is 13.2. The van der Waals surface area contributed by atoms with E-state index in [0.29, 0.717) is 5.56 Å². The Bertz CT molecular complexity index is 499. The second kappa shape index (κ2) is 5.41. The van der Waals surface area contributed by atoms with E-state index in [9.17, 15) is 4.39 Å². The van der Waals surface area contributed by atoms with Crippen LogP contribution in [-0.2, 0) is 6.42 Å². The molecule has 0 aliphatic carbocycles. The van der Waals surface area contributed by atoms with E-state index in [4.69, 9.17) is 0 Å². The van der Waals surface area contributed by atoms with Gasteiger partial charge in [0.2, 0.25) is 0 Å². The highest BCUT2D eigenvalue weighted by atomic mass is 79.9. The lowest BCUT2D eigenvalue weighted by atomic mass is 10.0. The fourth-order valence-electron chi connectivity index (χ4n) is 1.71. The standard InChI is InChI=1S/C14H13BrFN/c1-10-8-12(2-3-14(10)16)13(15)9-11-4-6-17-7-5-11/h2-8,13H,9H2,1H3. The molecule has 0 fully saturated rings. The van der Waals surface area contributed by atoms with Gasteiger partial charge in [-0.15, -0.1) is 0 Å². The highest BCUT2D eigenvalue weighted by molar-refractivity contribution is 9.09. The van der Waals surface area contributed by atoms with E-state index in [1.165, 1.54) is 11.6 Å². The predicted octanol–water partition coefficient (Wildman–Crippen LogP) is 4.21. The summed E-state index contributed by atoms with van der Waals surface area (Å²) in [4.78, 5) is 4.18. The lowest BCUT2D eigenvalue weighted by Gasteiger charge is -2.11. The molecule has 3 heteroatoms. The third-order valence-electron chi connectivity index (χ3n) is 2.71. The molecule has 1 unspecified atom stereocenters. The maximum Gasteiger partial charge on any atom is 0.126 e. The highest BCUT2D eigenvalue weighted by Gasteiger charge is 2.09. The van der Waals surface area contributed by atoms with Gasteiger partial charge in [0.1, 0.15) is 5.82 Å². The van der Waals surface area contributed by atoms with Gasteiger partial charge in [0.15, 0.2) is 0 Å². The van der Waals surface area contributed by atoms with Crippen molar-refractivity contribution in [2.24, 2.45) is 0 Å². The number of alkyl halides is 1. The second-order valence-electron chi connectivity index (χ2n) is 4.04. The van der Waals surface area contributed by atoms with Gasteiger partial charge in [0.05, 0.1) is 0 Å². The average molecular weight is 294 g/mol. The molecule has 0 N–H and O–H groups in total. The Morgan fingerprint density at radius 1 is 1.24 bits per heavy atom. The summed E-state index contributed by atoms with van der Waals surface area (Å²) < 4.78 is 13.2. The molecular formula is C14H13BrFN. The van der Waals surface area contributed by atoms with Crippen LogP contribution in [0, 0.1) is 12.7 Å². The predicted molar refractivity (Wildman–Crippen MR) is 70.7 cm³/mol. The minimum atomic E-state index is -0.155. The summed E-state index contributed by atoms with van der Waals surface area (Å²) in [6.07, 6.45) is 4.43. The minimum Gasteiger partial charge on any atom is -0.265 e. The van der Waals surface area contributed by atoms with E-state index in [0.717, 1.165) is 12.0 Å². The second-order valence-corrected chi connectivity index (χ2v) is 5.14. The summed E-state index contributed by atoms with van der Waals surface area (Å²) in [7, 11) is 0. The monoisotopic (exact) mass is 293 g/mol. The zero-order valence-electron chi connectivity index (χ0n) is 9.53. The van der Waals surface area contributed by atoms with E-state index in [1.54, 1.807) is 19.3 Å². The van der Waals surface area contributed by atoms with Crippen molar-refractivity contribution in [2.75, 3.05) is 0 Å². The van der Waals surface area contributed by atoms with Gasteiger partial charge in [-0.2, -0.15) is 0 Å². The molecule has 1 aromatic carbocycles. The Morgan fingerprint density at radius 3 is 2.59 bits per heavy atom. The van der Waals surface area contributed by atoms with Crippen LogP contribution in [0.2, 0.25) is 0 Å². The molecule has 0 saturated heterocycles. The Labute approximate surface area is 109 Å². The van der Waals surface area contributed by atoms with Crippen LogP contribution in [0.15, 0.2) is 42.7 Å². The molecule has 0 bridgehead atoms. The number of benzene rings is 1. The molecule has 2 rings (SSSR count). The van der Waals surface area contributed by atoms with Crippen LogP contribution in [0.1, 0.15) is 21.5 Å². The van der Waals surface area contributed by atoms with Crippen molar-refractivity contribution in [3.8, 4) is 0 Å². The SMILES string of the molecule is Cc1cc(C(Br)Cc2ccncc2)ccc1F. The van der Waals surface area contributed by atoms with Crippen molar-refractivity contribution in [3.05, 3.63) is 65.2 Å². The lowest BCUT2D eigenvalue weighted by molar-refractivity contribution is 0.617. The van der Waals surface area contributed by atoms with Crippen LogP contribution in [0.25, 0.3) is 0 Å². The molecule has 0 amide bonds. The molecule has 0 aliphatic rings. The number of hydrogen-bond acceptors (Lipinski definition) is 1. The van der Waals surface area contributed by atoms with Crippen LogP contribution in [-0.4, -0.2) is 4.98 Å². The molecule has 1 heterocycles. The van der Waals surface area contributed by atoms with Crippen molar-refractivity contribution in [1.29, 1.82) is 0 Å². The van der Waals surface area contributed by atoms with Gasteiger partial charge < -0.3 is 0 Å². The van der Waals surface area contributed by atoms with Crippen LogP contribution in [0.3, 0.4) is 0 Å². The first-order chi connectivity index (χ1) is 8.16. The summed E-state index contributed by atoms with van der Waals surface area (Å²) in [6, 6.07) is 9.21. The first kappa shape index (κ1) is 12.2. The first-order valence-corrected chi connectivity index (χ1v) is 6.37. The van der Waals surface area contributed by atoms with Crippen LogP contribution in [0.5, 0.6) is 0 Å². The summed E-state index contributed by atoms with van der Waals surface area (Å²) in [5.41, 5.74) is 2.99. The van der Waals surface area contributed by atoms with Crippen LogP contribution in [0.4, 0.5) is 4.39 Å². The number of rotatable bonds is 3. The van der Waals surface area contributed by atoms with E-state index in [1.807, 2.05) is 24.3 Å². The zero-order chi connectivity index (χ0) is 12.3. The smallest absolute Gasteiger partial charge is 0.126 e. The van der Waals surface area contributed by atoms with E-state index in [-0.39, 0.29) is 10.6 Å². The summed E-state index contributed by atoms with van der Waals surface area (Å²) >= 11 is 3.64. The number of nitrogens with zero attached hydrogens (tertiary/aromatic N) is 1. The molecule has 0 spiro atoms. The average Bonchev–Trinajstić information content (AvgIpc) is 2.34. The normalized spacial score (nSPS) is 12.4. The molecule has 1 nitrogen and oxygen atoms in total. The molecule has 2 aromatic rings. The molecular weight excluding hydrogens is 281 g/mol. The van der Waals surface area contributed by atoms with Gasteiger partial charge in [0, 0.05) is 17.2 Å². The molecule has 17 heavy (non-hydrogen) atoms. The van der Waals surface area contributed by atoms with Crippen LogP contribution < -0.4 is 0 Å². The molecule has 0 aliphatic heterocycles.